The van der Waals surface area contributed by atoms with E-state index >= 15 is 0 Å². The van der Waals surface area contributed by atoms with Crippen LogP contribution in [0, 0.1) is 6.92 Å². The number of hydrogen-bond donors (Lipinski definition) is 3. The van der Waals surface area contributed by atoms with Crippen LogP contribution in [0.3, 0.4) is 0 Å². The maximum absolute atomic E-state index is 12.0. The molecule has 29 heavy (non-hydrogen) atoms. The molecule has 4 rings (SSSR count). The maximum Gasteiger partial charge on any atom is 0.251 e. The molecular formula is C23H24N4O2. The molecule has 1 atom stereocenters. The average molecular weight is 388 g/mol. The number of nitrogens with zero attached hydrogens (tertiary/aromatic N) is 1. The summed E-state index contributed by atoms with van der Waals surface area (Å²) >= 11 is 0. The van der Waals surface area contributed by atoms with Gasteiger partial charge in [-0.15, -0.1) is 0 Å². The molecule has 6 nitrogen and oxygen atoms in total. The Morgan fingerprint density at radius 3 is 2.83 bits per heavy atom. The van der Waals surface area contributed by atoms with Gasteiger partial charge < -0.3 is 20.0 Å². The second-order valence-electron chi connectivity index (χ2n) is 7.10. The van der Waals surface area contributed by atoms with Crippen LogP contribution in [0.2, 0.25) is 0 Å². The van der Waals surface area contributed by atoms with E-state index in [0.29, 0.717) is 18.8 Å². The van der Waals surface area contributed by atoms with Crippen LogP contribution in [0.1, 0.15) is 28.7 Å². The first kappa shape index (κ1) is 19.0. The minimum Gasteiger partial charge on any atom is -0.497 e. The Bertz CT molecular complexity index is 1180. The summed E-state index contributed by atoms with van der Waals surface area (Å²) in [5, 5.41) is 4.76. The molecule has 2 aromatic carbocycles. The number of aromatic amines is 2. The maximum atomic E-state index is 12.0. The van der Waals surface area contributed by atoms with Gasteiger partial charge in [-0.1, -0.05) is 30.3 Å². The van der Waals surface area contributed by atoms with E-state index in [9.17, 15) is 4.79 Å². The summed E-state index contributed by atoms with van der Waals surface area (Å²) in [5.74, 6) is 1.43. The van der Waals surface area contributed by atoms with Crippen LogP contribution in [0.15, 0.2) is 65.6 Å². The predicted molar refractivity (Wildman–Crippen MR) is 114 cm³/mol. The van der Waals surface area contributed by atoms with Gasteiger partial charge in [0.1, 0.15) is 11.6 Å². The first-order valence-electron chi connectivity index (χ1n) is 9.61. The van der Waals surface area contributed by atoms with Crippen LogP contribution in [0.4, 0.5) is 0 Å². The summed E-state index contributed by atoms with van der Waals surface area (Å²) < 4.78 is 5.32. The number of fused-ring (bicyclic) bond motifs is 1. The van der Waals surface area contributed by atoms with Crippen LogP contribution >= 0.6 is 0 Å². The van der Waals surface area contributed by atoms with E-state index in [4.69, 9.17) is 4.74 Å². The number of benzene rings is 2. The van der Waals surface area contributed by atoms with Crippen molar-refractivity contribution in [2.24, 2.45) is 0 Å². The summed E-state index contributed by atoms with van der Waals surface area (Å²) in [4.78, 5) is 22.7. The van der Waals surface area contributed by atoms with E-state index in [1.54, 1.807) is 20.1 Å². The van der Waals surface area contributed by atoms with Crippen molar-refractivity contribution in [3.8, 4) is 5.75 Å². The quantitative estimate of drug-likeness (QED) is 0.451. The van der Waals surface area contributed by atoms with Crippen LogP contribution in [-0.4, -0.2) is 22.1 Å². The molecule has 3 N–H and O–H groups in total. The van der Waals surface area contributed by atoms with Crippen molar-refractivity contribution >= 4 is 10.9 Å². The van der Waals surface area contributed by atoms with Gasteiger partial charge in [0.25, 0.3) is 5.56 Å². The molecule has 0 unspecified atom stereocenters. The van der Waals surface area contributed by atoms with Gasteiger partial charge in [0.2, 0.25) is 0 Å². The Kier molecular flexibility index (Phi) is 5.44. The van der Waals surface area contributed by atoms with Gasteiger partial charge in [-0.2, -0.15) is 0 Å². The molecule has 0 aliphatic heterocycles. The second kappa shape index (κ2) is 8.32. The monoisotopic (exact) mass is 388 g/mol. The molecule has 6 heteroatoms. The zero-order chi connectivity index (χ0) is 20.2. The fraction of sp³-hybridized carbons (Fsp3) is 0.217. The summed E-state index contributed by atoms with van der Waals surface area (Å²) in [5.41, 5.74) is 3.99. The lowest BCUT2D eigenvalue weighted by atomic mass is 10.0. The van der Waals surface area contributed by atoms with Crippen molar-refractivity contribution in [1.29, 1.82) is 0 Å². The topological polar surface area (TPSA) is 82.8 Å². The second-order valence-corrected chi connectivity index (χ2v) is 7.10. The van der Waals surface area contributed by atoms with Crippen molar-refractivity contribution in [3.63, 3.8) is 0 Å². The lowest BCUT2D eigenvalue weighted by Gasteiger charge is -2.19. The van der Waals surface area contributed by atoms with E-state index in [2.05, 4.69) is 38.5 Å². The van der Waals surface area contributed by atoms with Crippen LogP contribution < -0.4 is 15.6 Å². The van der Waals surface area contributed by atoms with Crippen LogP contribution in [0.25, 0.3) is 10.9 Å². The summed E-state index contributed by atoms with van der Waals surface area (Å²) in [6, 6.07) is 17.6. The molecule has 0 bridgehead atoms. The fourth-order valence-corrected chi connectivity index (χ4v) is 3.61. The molecule has 2 aromatic heterocycles. The molecule has 0 aliphatic carbocycles. The van der Waals surface area contributed by atoms with Gasteiger partial charge in [-0.3, -0.25) is 4.79 Å². The van der Waals surface area contributed by atoms with Crippen molar-refractivity contribution in [3.05, 3.63) is 93.8 Å². The third kappa shape index (κ3) is 4.38. The number of aromatic nitrogens is 3. The summed E-state index contributed by atoms with van der Waals surface area (Å²) in [6.45, 7) is 2.44. The highest BCUT2D eigenvalue weighted by Gasteiger charge is 2.17. The van der Waals surface area contributed by atoms with Gasteiger partial charge in [-0.05, 0) is 42.7 Å². The van der Waals surface area contributed by atoms with Gasteiger partial charge >= 0.3 is 0 Å². The highest BCUT2D eigenvalue weighted by atomic mass is 16.5. The zero-order valence-electron chi connectivity index (χ0n) is 16.5. The number of aryl methyl sites for hydroxylation is 1. The normalized spacial score (nSPS) is 12.2. The lowest BCUT2D eigenvalue weighted by Crippen LogP contribution is -2.26. The number of hydrogen-bond acceptors (Lipinski definition) is 4. The van der Waals surface area contributed by atoms with Gasteiger partial charge in [0.15, 0.2) is 0 Å². The number of para-hydroxylation sites is 1. The van der Waals surface area contributed by atoms with E-state index in [-0.39, 0.29) is 11.6 Å². The molecule has 4 aromatic rings. The molecule has 0 fully saturated rings. The smallest absolute Gasteiger partial charge is 0.251 e. The minimum atomic E-state index is -0.139. The van der Waals surface area contributed by atoms with E-state index < -0.39 is 0 Å². The Labute approximate surface area is 169 Å². The molecule has 0 radical (unpaired) electrons. The number of nitrogens with one attached hydrogen (secondary N) is 3. The molecule has 2 heterocycles. The van der Waals surface area contributed by atoms with Crippen molar-refractivity contribution < 1.29 is 4.74 Å². The van der Waals surface area contributed by atoms with Gasteiger partial charge in [0.05, 0.1) is 18.8 Å². The minimum absolute atomic E-state index is 0.110. The first-order chi connectivity index (χ1) is 14.1. The van der Waals surface area contributed by atoms with E-state index in [1.807, 2.05) is 36.5 Å². The lowest BCUT2D eigenvalue weighted by molar-refractivity contribution is 0.413. The molecule has 148 valence electrons. The molecule has 0 spiro atoms. The number of H-pyrrole nitrogens is 2. The summed E-state index contributed by atoms with van der Waals surface area (Å²) in [7, 11) is 1.66. The molecule has 0 saturated heterocycles. The summed E-state index contributed by atoms with van der Waals surface area (Å²) in [6.07, 6.45) is 2.74. The van der Waals surface area contributed by atoms with Crippen molar-refractivity contribution in [2.75, 3.05) is 7.11 Å². The third-order valence-corrected chi connectivity index (χ3v) is 5.02. The van der Waals surface area contributed by atoms with Crippen molar-refractivity contribution in [1.82, 2.24) is 20.3 Å². The van der Waals surface area contributed by atoms with Crippen molar-refractivity contribution in [2.45, 2.75) is 25.9 Å². The Morgan fingerprint density at radius 2 is 2.00 bits per heavy atom. The Hall–Kier alpha value is -3.38. The highest BCUT2D eigenvalue weighted by molar-refractivity contribution is 5.83. The van der Waals surface area contributed by atoms with Gasteiger partial charge in [-0.25, -0.2) is 4.98 Å². The predicted octanol–water partition coefficient (Wildman–Crippen LogP) is 3.64. The number of rotatable bonds is 7. The Morgan fingerprint density at radius 1 is 1.14 bits per heavy atom. The van der Waals surface area contributed by atoms with Gasteiger partial charge in [0, 0.05) is 29.7 Å². The third-order valence-electron chi connectivity index (χ3n) is 5.02. The number of methoxy groups -OCH3 is 1. The molecule has 0 saturated carbocycles. The SMILES string of the molecule is COc1cccc(CN[C@@H](Cc2c[nH]c3ccccc23)c2cc(=O)[nH]c(C)n2)c1. The van der Waals surface area contributed by atoms with E-state index in [1.165, 1.54) is 10.9 Å². The Balaban J connectivity index is 1.64. The standard InChI is InChI=1S/C23H24N4O2/c1-15-26-22(12-23(28)27-15)21(24-13-16-6-5-7-18(10-16)29-2)11-17-14-25-20-9-4-3-8-19(17)20/h3-10,12,14,21,24-25H,11,13H2,1-2H3,(H,26,27,28)/t21-/m0/s1. The van der Waals surface area contributed by atoms with Crippen LogP contribution in [0.5, 0.6) is 5.75 Å². The van der Waals surface area contributed by atoms with E-state index in [0.717, 1.165) is 22.5 Å². The zero-order valence-corrected chi connectivity index (χ0v) is 16.5. The fourth-order valence-electron chi connectivity index (χ4n) is 3.61. The number of ether oxygens (including phenoxy) is 1. The molecule has 0 amide bonds. The van der Waals surface area contributed by atoms with Crippen LogP contribution in [-0.2, 0) is 13.0 Å². The molecular weight excluding hydrogens is 364 g/mol. The molecule has 0 aliphatic rings. The average Bonchev–Trinajstić information content (AvgIpc) is 3.13. The first-order valence-corrected chi connectivity index (χ1v) is 9.61. The largest absolute Gasteiger partial charge is 0.497 e. The highest BCUT2D eigenvalue weighted by Crippen LogP contribution is 2.24.